The van der Waals surface area contributed by atoms with Gasteiger partial charge in [0.2, 0.25) is 0 Å². The second-order valence-electron chi connectivity index (χ2n) is 2.53. The molecular weight excluding hydrogens is 212 g/mol. The van der Waals surface area contributed by atoms with Crippen LogP contribution in [0.2, 0.25) is 0 Å². The van der Waals surface area contributed by atoms with Gasteiger partial charge >= 0.3 is 0 Å². The molecule has 0 nitrogen and oxygen atoms in total. The number of allylic oxidation sites excluding steroid dienone is 1. The molecule has 2 aliphatic rings. The van der Waals surface area contributed by atoms with Crippen LogP contribution >= 0.6 is 0 Å². The van der Waals surface area contributed by atoms with Crippen molar-refractivity contribution in [1.29, 1.82) is 0 Å². The van der Waals surface area contributed by atoms with E-state index in [2.05, 4.69) is 12.3 Å². The molecule has 0 aromatic heterocycles. The van der Waals surface area contributed by atoms with Crippen molar-refractivity contribution in [3.63, 3.8) is 0 Å². The molecule has 0 amide bonds. The summed E-state index contributed by atoms with van der Waals surface area (Å²) >= 11 is 0. The Labute approximate surface area is 99.3 Å². The summed E-state index contributed by atoms with van der Waals surface area (Å²) in [5, 5.41) is 0. The molecule has 0 heterocycles. The summed E-state index contributed by atoms with van der Waals surface area (Å²) in [4.78, 5) is 0. The van der Waals surface area contributed by atoms with Crippen LogP contribution in [0.5, 0.6) is 0 Å². The van der Waals surface area contributed by atoms with E-state index < -0.39 is 0 Å². The van der Waals surface area contributed by atoms with Gasteiger partial charge in [-0.15, -0.1) is 5.73 Å². The molecule has 2 saturated carbocycles. The van der Waals surface area contributed by atoms with Crippen molar-refractivity contribution in [1.82, 2.24) is 0 Å². The first-order valence-electron chi connectivity index (χ1n) is 4.17. The van der Waals surface area contributed by atoms with Crippen molar-refractivity contribution in [2.45, 2.75) is 0 Å². The van der Waals surface area contributed by atoms with Crippen molar-refractivity contribution in [2.75, 3.05) is 0 Å². The fourth-order valence-electron chi connectivity index (χ4n) is 0.924. The van der Waals surface area contributed by atoms with E-state index in [1.807, 2.05) is 63.9 Å². The molecule has 2 fully saturated rings. The van der Waals surface area contributed by atoms with Crippen molar-refractivity contribution in [3.8, 4) is 0 Å². The van der Waals surface area contributed by atoms with Gasteiger partial charge in [-0.05, 0) is 63.9 Å². The molecule has 10 radical (unpaired) electrons. The van der Waals surface area contributed by atoms with Gasteiger partial charge in [0.1, 0.15) is 0 Å². The number of hydrogen-bond acceptors (Lipinski definition) is 0. The second-order valence-corrected chi connectivity index (χ2v) is 2.53. The van der Waals surface area contributed by atoms with Crippen LogP contribution in [0.3, 0.4) is 0 Å². The average Bonchev–Trinajstić information content (AvgIpc) is 2.79. The summed E-state index contributed by atoms with van der Waals surface area (Å²) in [6.45, 7) is 3.46. The zero-order valence-corrected chi connectivity index (χ0v) is 8.94. The molecule has 0 atom stereocenters. The Bertz CT molecular complexity index is 150. The molecule has 2 rings (SSSR count). The summed E-state index contributed by atoms with van der Waals surface area (Å²) in [6, 6.07) is 0. The van der Waals surface area contributed by atoms with Crippen molar-refractivity contribution < 1.29 is 17.1 Å². The van der Waals surface area contributed by atoms with Gasteiger partial charge in [0.25, 0.3) is 0 Å². The van der Waals surface area contributed by atoms with Gasteiger partial charge in [-0.3, -0.25) is 0 Å². The maximum atomic E-state index is 3.46. The normalized spacial score (nSPS) is 20.3. The van der Waals surface area contributed by atoms with E-state index in [1.54, 1.807) is 0 Å². The van der Waals surface area contributed by atoms with Gasteiger partial charge in [-0.25, -0.2) is 0 Å². The fraction of sp³-hybridized carbons (Fsp3) is 0. The monoisotopic (exact) mass is 224 g/mol. The Morgan fingerprint density at radius 2 is 1.29 bits per heavy atom. The van der Waals surface area contributed by atoms with Crippen LogP contribution in [0, 0.1) is 63.7 Å². The molecule has 0 unspecified atom stereocenters. The molecule has 72 valence electrons. The number of hydrogen-bond donors (Lipinski definition) is 0. The molecule has 0 saturated heterocycles. The third kappa shape index (κ3) is 6.49. The summed E-state index contributed by atoms with van der Waals surface area (Å²) in [7, 11) is 0. The Hall–Kier alpha value is 0.0395. The van der Waals surface area contributed by atoms with Crippen LogP contribution in [-0.2, 0) is 17.1 Å². The van der Waals surface area contributed by atoms with E-state index in [9.17, 15) is 0 Å². The van der Waals surface area contributed by atoms with Gasteiger partial charge in [0, 0.05) is 23.0 Å². The van der Waals surface area contributed by atoms with Crippen LogP contribution in [0.1, 0.15) is 0 Å². The molecule has 0 bridgehead atoms. The van der Waals surface area contributed by atoms with E-state index in [0.717, 1.165) is 0 Å². The molecule has 14 heavy (non-hydrogen) atoms. The largest absolute Gasteiger partial charge is 0.132 e. The minimum Gasteiger partial charge on any atom is -0.132 e. The number of rotatable bonds is 1. The average molecular weight is 224 g/mol. The summed E-state index contributed by atoms with van der Waals surface area (Å²) < 4.78 is 0. The summed E-state index contributed by atoms with van der Waals surface area (Å²) in [6.07, 6.45) is 19.8. The Kier molecular flexibility index (Phi) is 9.62. The smallest absolute Gasteiger partial charge is 0.0128 e. The van der Waals surface area contributed by atoms with E-state index in [4.69, 9.17) is 0 Å². The van der Waals surface area contributed by atoms with E-state index in [0.29, 0.717) is 0 Å². The van der Waals surface area contributed by atoms with E-state index in [1.165, 1.54) is 5.92 Å². The van der Waals surface area contributed by atoms with Crippen LogP contribution < -0.4 is 0 Å². The molecule has 0 aromatic rings. The Balaban J connectivity index is 0.000000246. The summed E-state index contributed by atoms with van der Waals surface area (Å²) in [5.41, 5.74) is 2.70. The molecule has 1 heteroatoms. The van der Waals surface area contributed by atoms with Crippen LogP contribution in [0.4, 0.5) is 0 Å². The molecule has 0 aromatic carbocycles. The first-order valence-corrected chi connectivity index (χ1v) is 4.17. The van der Waals surface area contributed by atoms with Gasteiger partial charge in [0.15, 0.2) is 0 Å². The van der Waals surface area contributed by atoms with Crippen LogP contribution in [0.25, 0.3) is 0 Å². The molecule has 2 aliphatic carbocycles. The topological polar surface area (TPSA) is 0 Å². The standard InChI is InChI=1S/C8H7.C5H5.Fe/c1-2-5-8-6-3-4-7-8;1-2-4-5-3-1;/h3-7H,1H2;1-5H;. The van der Waals surface area contributed by atoms with Crippen molar-refractivity contribution in [3.05, 3.63) is 82.1 Å². The fourth-order valence-corrected chi connectivity index (χ4v) is 0.924. The van der Waals surface area contributed by atoms with Gasteiger partial charge in [0.05, 0.1) is 0 Å². The minimum atomic E-state index is 0. The maximum Gasteiger partial charge on any atom is 0.0128 e. The molecule has 0 aliphatic heterocycles. The van der Waals surface area contributed by atoms with Crippen LogP contribution in [0.15, 0.2) is 18.4 Å². The van der Waals surface area contributed by atoms with Crippen molar-refractivity contribution in [2.24, 2.45) is 0 Å². The van der Waals surface area contributed by atoms with Crippen molar-refractivity contribution >= 4 is 0 Å². The van der Waals surface area contributed by atoms with Gasteiger partial charge in [-0.2, -0.15) is 0 Å². The third-order valence-electron chi connectivity index (χ3n) is 1.51. The third-order valence-corrected chi connectivity index (χ3v) is 1.51. The predicted molar refractivity (Wildman–Crippen MR) is 55.7 cm³/mol. The minimum absolute atomic E-state index is 0. The first kappa shape index (κ1) is 14.0. The van der Waals surface area contributed by atoms with E-state index >= 15 is 0 Å². The second kappa shape index (κ2) is 9.59. The predicted octanol–water partition coefficient (Wildman–Crippen LogP) is 2.75. The molecular formula is C13H12Fe. The first-order chi connectivity index (χ1) is 6.43. The van der Waals surface area contributed by atoms with Gasteiger partial charge < -0.3 is 0 Å². The molecule has 0 N–H and O–H groups in total. The Morgan fingerprint density at radius 1 is 0.857 bits per heavy atom. The zero-order valence-electron chi connectivity index (χ0n) is 7.83. The zero-order chi connectivity index (χ0) is 9.36. The quantitative estimate of drug-likeness (QED) is 0.474. The maximum absolute atomic E-state index is 3.46. The van der Waals surface area contributed by atoms with E-state index in [-0.39, 0.29) is 17.1 Å². The Morgan fingerprint density at radius 3 is 1.64 bits per heavy atom. The summed E-state index contributed by atoms with van der Waals surface area (Å²) in [5.74, 6) is 1.17. The SMILES string of the molecule is C=C=C[C]1[CH][CH][CH][CH]1.[CH]1[CH][CH][CH][CH]1.[Fe]. The molecule has 0 spiro atoms. The van der Waals surface area contributed by atoms with Gasteiger partial charge in [-0.1, -0.05) is 6.58 Å². The van der Waals surface area contributed by atoms with Crippen LogP contribution in [-0.4, -0.2) is 0 Å².